The van der Waals surface area contributed by atoms with E-state index in [4.69, 9.17) is 0 Å². The Bertz CT molecular complexity index is 1290. The summed E-state index contributed by atoms with van der Waals surface area (Å²) in [6.45, 7) is 1.55. The summed E-state index contributed by atoms with van der Waals surface area (Å²) in [5.41, 5.74) is 1.96. The second-order valence-corrected chi connectivity index (χ2v) is 7.70. The number of halogens is 2. The van der Waals surface area contributed by atoms with Crippen LogP contribution in [0, 0.1) is 11.6 Å². The second-order valence-electron chi connectivity index (χ2n) is 7.70. The molecular formula is C23H18F2N6O2. The molecule has 166 valence electrons. The zero-order valence-electron chi connectivity index (χ0n) is 17.4. The third kappa shape index (κ3) is 3.95. The van der Waals surface area contributed by atoms with E-state index in [1.807, 2.05) is 0 Å². The van der Waals surface area contributed by atoms with E-state index in [2.05, 4.69) is 19.9 Å². The number of hydrogen-bond acceptors (Lipinski definition) is 6. The Kier molecular flexibility index (Phi) is 5.33. The summed E-state index contributed by atoms with van der Waals surface area (Å²) in [4.78, 5) is 46.0. The molecule has 0 saturated carbocycles. The summed E-state index contributed by atoms with van der Waals surface area (Å²) < 4.78 is 27.0. The number of carbonyl (C=O) groups excluding carboxylic acids is 2. The first-order valence-electron chi connectivity index (χ1n) is 10.4. The molecule has 1 aliphatic rings. The molecule has 5 rings (SSSR count). The van der Waals surface area contributed by atoms with Gasteiger partial charge in [0.05, 0.1) is 34.6 Å². The molecule has 0 bridgehead atoms. The highest BCUT2D eigenvalue weighted by atomic mass is 19.1. The largest absolute Gasteiger partial charge is 0.337 e. The molecule has 10 heteroatoms. The zero-order chi connectivity index (χ0) is 22.9. The van der Waals surface area contributed by atoms with Crippen LogP contribution in [0.3, 0.4) is 0 Å². The lowest BCUT2D eigenvalue weighted by molar-refractivity contribution is 0.0720. The third-order valence-corrected chi connectivity index (χ3v) is 5.62. The Morgan fingerprint density at radius 2 is 1.15 bits per heavy atom. The minimum absolute atomic E-state index is 0.248. The van der Waals surface area contributed by atoms with E-state index in [1.54, 1.807) is 21.9 Å². The van der Waals surface area contributed by atoms with Crippen molar-refractivity contribution in [2.24, 2.45) is 0 Å². The van der Waals surface area contributed by atoms with Crippen LogP contribution in [0.2, 0.25) is 0 Å². The predicted molar refractivity (Wildman–Crippen MR) is 115 cm³/mol. The maximum Gasteiger partial charge on any atom is 0.256 e. The van der Waals surface area contributed by atoms with E-state index in [1.165, 1.54) is 24.5 Å². The fourth-order valence-electron chi connectivity index (χ4n) is 4.02. The van der Waals surface area contributed by atoms with Gasteiger partial charge in [-0.15, -0.1) is 0 Å². The number of amides is 2. The molecule has 4 aromatic rings. The number of aromatic nitrogens is 4. The van der Waals surface area contributed by atoms with Gasteiger partial charge >= 0.3 is 0 Å². The highest BCUT2D eigenvalue weighted by molar-refractivity contribution is 6.05. The van der Waals surface area contributed by atoms with Crippen molar-refractivity contribution in [3.05, 3.63) is 71.8 Å². The van der Waals surface area contributed by atoms with E-state index < -0.39 is 11.6 Å². The van der Waals surface area contributed by atoms with Crippen LogP contribution < -0.4 is 0 Å². The molecule has 4 aromatic heterocycles. The summed E-state index contributed by atoms with van der Waals surface area (Å²) in [5, 5.41) is 0. The minimum atomic E-state index is -0.524. The summed E-state index contributed by atoms with van der Waals surface area (Å²) in [7, 11) is 0. The molecule has 0 unspecified atom stereocenters. The highest BCUT2D eigenvalue weighted by Crippen LogP contribution is 2.20. The lowest BCUT2D eigenvalue weighted by Gasteiger charge is -2.23. The van der Waals surface area contributed by atoms with Gasteiger partial charge in [-0.3, -0.25) is 29.5 Å². The SMILES string of the molecule is O=C(c1ccnc2cc(F)cnc12)N1CCCN(C(=O)c2ccnc3cc(F)cnc23)CC1. The van der Waals surface area contributed by atoms with Gasteiger partial charge < -0.3 is 9.80 Å². The van der Waals surface area contributed by atoms with Gasteiger partial charge in [-0.05, 0) is 18.6 Å². The quantitative estimate of drug-likeness (QED) is 0.468. The average Bonchev–Trinajstić information content (AvgIpc) is 3.08. The van der Waals surface area contributed by atoms with Crippen molar-refractivity contribution in [2.75, 3.05) is 26.2 Å². The van der Waals surface area contributed by atoms with Crippen molar-refractivity contribution in [2.45, 2.75) is 6.42 Å². The summed E-state index contributed by atoms with van der Waals surface area (Å²) in [6, 6.07) is 5.61. The molecule has 1 aliphatic heterocycles. The van der Waals surface area contributed by atoms with Crippen molar-refractivity contribution in [1.29, 1.82) is 0 Å². The first-order chi connectivity index (χ1) is 16.0. The minimum Gasteiger partial charge on any atom is -0.337 e. The Morgan fingerprint density at radius 1 is 0.697 bits per heavy atom. The van der Waals surface area contributed by atoms with Crippen LogP contribution >= 0.6 is 0 Å². The molecule has 0 atom stereocenters. The fraction of sp³-hybridized carbons (Fsp3) is 0.217. The molecule has 0 aliphatic carbocycles. The normalized spacial score (nSPS) is 14.5. The number of hydrogen-bond donors (Lipinski definition) is 0. The molecule has 5 heterocycles. The molecule has 0 spiro atoms. The Balaban J connectivity index is 1.36. The number of carbonyl (C=O) groups is 2. The highest BCUT2D eigenvalue weighted by Gasteiger charge is 2.26. The standard InChI is InChI=1S/C23H18F2N6O2/c24-14-10-18-20(28-12-14)16(2-4-26-18)22(32)30-6-1-7-31(9-8-30)23(33)17-3-5-27-19-11-15(25)13-29-21(17)19/h2-5,10-13H,1,6-9H2. The monoisotopic (exact) mass is 448 g/mol. The first-order valence-corrected chi connectivity index (χ1v) is 10.4. The van der Waals surface area contributed by atoms with Crippen molar-refractivity contribution in [1.82, 2.24) is 29.7 Å². The van der Waals surface area contributed by atoms with Crippen LogP contribution in [0.4, 0.5) is 8.78 Å². The van der Waals surface area contributed by atoms with Gasteiger partial charge in [0.25, 0.3) is 11.8 Å². The molecule has 0 N–H and O–H groups in total. The number of pyridine rings is 4. The predicted octanol–water partition coefficient (Wildman–Crippen LogP) is 2.84. The first kappa shape index (κ1) is 20.8. The number of nitrogens with zero attached hydrogens (tertiary/aromatic N) is 6. The van der Waals surface area contributed by atoms with Crippen molar-refractivity contribution in [3.63, 3.8) is 0 Å². The van der Waals surface area contributed by atoms with Crippen LogP contribution in [0.15, 0.2) is 49.1 Å². The van der Waals surface area contributed by atoms with Crippen molar-refractivity contribution in [3.8, 4) is 0 Å². The summed E-state index contributed by atoms with van der Waals surface area (Å²) >= 11 is 0. The fourth-order valence-corrected chi connectivity index (χ4v) is 4.02. The lowest BCUT2D eigenvalue weighted by atomic mass is 10.1. The van der Waals surface area contributed by atoms with Crippen LogP contribution in [0.1, 0.15) is 27.1 Å². The van der Waals surface area contributed by atoms with Crippen molar-refractivity contribution < 1.29 is 18.4 Å². The number of fused-ring (bicyclic) bond motifs is 2. The lowest BCUT2D eigenvalue weighted by Crippen LogP contribution is -2.37. The van der Waals surface area contributed by atoms with Gasteiger partial charge in [-0.1, -0.05) is 0 Å². The maximum atomic E-state index is 13.5. The molecule has 0 radical (unpaired) electrons. The van der Waals surface area contributed by atoms with E-state index in [9.17, 15) is 18.4 Å². The molecule has 2 amide bonds. The van der Waals surface area contributed by atoms with Crippen LogP contribution in [-0.2, 0) is 0 Å². The van der Waals surface area contributed by atoms with Gasteiger partial charge in [0.15, 0.2) is 0 Å². The van der Waals surface area contributed by atoms with Gasteiger partial charge in [0.1, 0.15) is 22.7 Å². The Morgan fingerprint density at radius 3 is 1.61 bits per heavy atom. The zero-order valence-corrected chi connectivity index (χ0v) is 17.4. The molecule has 0 aromatic carbocycles. The van der Waals surface area contributed by atoms with Crippen LogP contribution in [0.25, 0.3) is 22.1 Å². The van der Waals surface area contributed by atoms with Crippen LogP contribution in [-0.4, -0.2) is 67.7 Å². The maximum absolute atomic E-state index is 13.5. The van der Waals surface area contributed by atoms with Crippen molar-refractivity contribution >= 4 is 33.9 Å². The number of rotatable bonds is 2. The topological polar surface area (TPSA) is 92.2 Å². The van der Waals surface area contributed by atoms with Crippen LogP contribution in [0.5, 0.6) is 0 Å². The third-order valence-electron chi connectivity index (χ3n) is 5.62. The van der Waals surface area contributed by atoms with E-state index in [0.717, 1.165) is 12.4 Å². The van der Waals surface area contributed by atoms with E-state index in [0.29, 0.717) is 65.8 Å². The summed E-state index contributed by atoms with van der Waals surface area (Å²) in [5.74, 6) is -1.54. The molecule has 1 fully saturated rings. The van der Waals surface area contributed by atoms with Gasteiger partial charge in [0.2, 0.25) is 0 Å². The molecule has 8 nitrogen and oxygen atoms in total. The Labute approximate surface area is 186 Å². The van der Waals surface area contributed by atoms with Gasteiger partial charge in [-0.25, -0.2) is 8.78 Å². The molecule has 1 saturated heterocycles. The van der Waals surface area contributed by atoms with E-state index >= 15 is 0 Å². The smallest absolute Gasteiger partial charge is 0.256 e. The molecule has 33 heavy (non-hydrogen) atoms. The molecular weight excluding hydrogens is 430 g/mol. The van der Waals surface area contributed by atoms with Gasteiger partial charge in [-0.2, -0.15) is 0 Å². The Hall–Kier alpha value is -4.08. The second kappa shape index (κ2) is 8.45. The van der Waals surface area contributed by atoms with Gasteiger partial charge in [0, 0.05) is 50.7 Å². The van der Waals surface area contributed by atoms with E-state index in [-0.39, 0.29) is 11.8 Å². The average molecular weight is 448 g/mol. The summed E-state index contributed by atoms with van der Waals surface area (Å²) in [6.07, 6.45) is 5.60.